The topological polar surface area (TPSA) is 73.2 Å². The van der Waals surface area contributed by atoms with Crippen LogP contribution < -0.4 is 5.32 Å². The van der Waals surface area contributed by atoms with Crippen molar-refractivity contribution < 1.29 is 27.5 Å². The Labute approximate surface area is 189 Å². The van der Waals surface area contributed by atoms with Gasteiger partial charge in [-0.1, -0.05) is 30.3 Å². The number of aromatic nitrogens is 2. The Morgan fingerprint density at radius 2 is 1.79 bits per heavy atom. The molecule has 0 saturated heterocycles. The van der Waals surface area contributed by atoms with Gasteiger partial charge in [0.2, 0.25) is 5.91 Å². The second-order valence-electron chi connectivity index (χ2n) is 7.77. The molecule has 174 valence electrons. The maximum Gasteiger partial charge on any atom is 0.397 e. The van der Waals surface area contributed by atoms with Crippen LogP contribution in [0.5, 0.6) is 0 Å². The van der Waals surface area contributed by atoms with Crippen molar-refractivity contribution in [2.24, 2.45) is 0 Å². The second kappa shape index (κ2) is 9.89. The Balaban J connectivity index is 1.79. The van der Waals surface area contributed by atoms with E-state index in [1.54, 1.807) is 10.9 Å². The minimum Gasteiger partial charge on any atom is -0.459 e. The fourth-order valence-corrected chi connectivity index (χ4v) is 3.17. The van der Waals surface area contributed by atoms with Crippen LogP contribution in [0.3, 0.4) is 0 Å². The molecule has 1 amide bonds. The summed E-state index contributed by atoms with van der Waals surface area (Å²) in [6.07, 6.45) is -4.58. The average molecular weight is 459 g/mol. The number of carbonyl (C=O) groups is 2. The summed E-state index contributed by atoms with van der Waals surface area (Å²) in [5.41, 5.74) is 5.08. The lowest BCUT2D eigenvalue weighted by Crippen LogP contribution is -2.41. The number of hydrogen-bond acceptors (Lipinski definition) is 4. The number of alkyl halides is 3. The highest BCUT2D eigenvalue weighted by atomic mass is 19.4. The predicted octanol–water partition coefficient (Wildman–Crippen LogP) is 4.66. The van der Waals surface area contributed by atoms with E-state index in [0.29, 0.717) is 11.3 Å². The van der Waals surface area contributed by atoms with Crippen molar-refractivity contribution in [3.63, 3.8) is 0 Å². The van der Waals surface area contributed by atoms with Crippen LogP contribution in [0.15, 0.2) is 54.7 Å². The van der Waals surface area contributed by atoms with Gasteiger partial charge in [0.15, 0.2) is 0 Å². The van der Waals surface area contributed by atoms with Gasteiger partial charge >= 0.3 is 12.1 Å². The Bertz CT molecular complexity index is 1140. The van der Waals surface area contributed by atoms with E-state index in [9.17, 15) is 22.8 Å². The molecule has 33 heavy (non-hydrogen) atoms. The number of ether oxygens (including phenoxy) is 1. The molecule has 0 radical (unpaired) electrons. The largest absolute Gasteiger partial charge is 0.459 e. The van der Waals surface area contributed by atoms with Crippen molar-refractivity contribution in [2.45, 2.75) is 46.0 Å². The van der Waals surface area contributed by atoms with Crippen LogP contribution in [0.4, 0.5) is 13.2 Å². The first-order valence-electron chi connectivity index (χ1n) is 10.3. The van der Waals surface area contributed by atoms with Crippen molar-refractivity contribution in [1.29, 1.82) is 0 Å². The molecule has 3 aromatic rings. The van der Waals surface area contributed by atoms with Crippen LogP contribution in [0, 0.1) is 13.8 Å². The number of nitrogens with one attached hydrogen (secondary N) is 1. The number of esters is 1. The number of aryl methyl sites for hydroxylation is 2. The van der Waals surface area contributed by atoms with Crippen LogP contribution in [-0.4, -0.2) is 33.9 Å². The molecule has 3 rings (SSSR count). The van der Waals surface area contributed by atoms with Gasteiger partial charge in [0.1, 0.15) is 19.1 Å². The zero-order valence-electron chi connectivity index (χ0n) is 18.4. The maximum atomic E-state index is 12.3. The predicted molar refractivity (Wildman–Crippen MR) is 117 cm³/mol. The van der Waals surface area contributed by atoms with Crippen LogP contribution in [0.25, 0.3) is 16.9 Å². The molecule has 1 heterocycles. The molecule has 1 N–H and O–H groups in total. The number of rotatable bonds is 7. The first kappa shape index (κ1) is 24.0. The highest BCUT2D eigenvalue weighted by Gasteiger charge is 2.32. The summed E-state index contributed by atoms with van der Waals surface area (Å²) < 4.78 is 44.0. The number of halogens is 3. The fourth-order valence-electron chi connectivity index (χ4n) is 3.17. The molecule has 0 bridgehead atoms. The van der Waals surface area contributed by atoms with E-state index in [2.05, 4.69) is 5.10 Å². The normalized spacial score (nSPS) is 12.3. The number of amides is 1. The van der Waals surface area contributed by atoms with Crippen molar-refractivity contribution in [3.05, 3.63) is 71.4 Å². The van der Waals surface area contributed by atoms with Crippen molar-refractivity contribution in [1.82, 2.24) is 15.1 Å². The highest BCUT2D eigenvalue weighted by molar-refractivity contribution is 5.84. The Kier molecular flexibility index (Phi) is 7.20. The van der Waals surface area contributed by atoms with Gasteiger partial charge in [0, 0.05) is 17.3 Å². The minimum absolute atomic E-state index is 0.159. The SMILES string of the molecule is Cc1ccc(-c2nn(-c3ccccc3)cc2COC(=O)C(C)NC(=O)CC(F)(F)F)cc1C. The van der Waals surface area contributed by atoms with Crippen LogP contribution >= 0.6 is 0 Å². The lowest BCUT2D eigenvalue weighted by molar-refractivity contribution is -0.158. The van der Waals surface area contributed by atoms with E-state index in [0.717, 1.165) is 22.4 Å². The van der Waals surface area contributed by atoms with Gasteiger partial charge in [0.25, 0.3) is 0 Å². The zero-order chi connectivity index (χ0) is 24.2. The first-order chi connectivity index (χ1) is 15.5. The van der Waals surface area contributed by atoms with E-state index in [4.69, 9.17) is 4.74 Å². The molecular weight excluding hydrogens is 435 g/mol. The Morgan fingerprint density at radius 1 is 1.09 bits per heavy atom. The maximum absolute atomic E-state index is 12.3. The highest BCUT2D eigenvalue weighted by Crippen LogP contribution is 2.26. The summed E-state index contributed by atoms with van der Waals surface area (Å²) in [7, 11) is 0. The van der Waals surface area contributed by atoms with E-state index in [-0.39, 0.29) is 6.61 Å². The summed E-state index contributed by atoms with van der Waals surface area (Å²) in [5.74, 6) is -2.14. The third-order valence-corrected chi connectivity index (χ3v) is 5.05. The first-order valence-corrected chi connectivity index (χ1v) is 10.3. The summed E-state index contributed by atoms with van der Waals surface area (Å²) in [5, 5.41) is 6.67. The van der Waals surface area contributed by atoms with Crippen LogP contribution in [0.2, 0.25) is 0 Å². The third-order valence-electron chi connectivity index (χ3n) is 5.05. The fraction of sp³-hybridized carbons (Fsp3) is 0.292. The monoisotopic (exact) mass is 459 g/mol. The zero-order valence-corrected chi connectivity index (χ0v) is 18.4. The molecule has 9 heteroatoms. The molecule has 2 aromatic carbocycles. The molecule has 0 aliphatic carbocycles. The van der Waals surface area contributed by atoms with Crippen molar-refractivity contribution >= 4 is 11.9 Å². The van der Waals surface area contributed by atoms with E-state index >= 15 is 0 Å². The van der Waals surface area contributed by atoms with Gasteiger partial charge in [-0.2, -0.15) is 18.3 Å². The van der Waals surface area contributed by atoms with Gasteiger partial charge in [-0.25, -0.2) is 9.48 Å². The molecule has 1 unspecified atom stereocenters. The van der Waals surface area contributed by atoms with Crippen molar-refractivity contribution in [2.75, 3.05) is 0 Å². The average Bonchev–Trinajstić information content (AvgIpc) is 3.17. The van der Waals surface area contributed by atoms with E-state index in [1.807, 2.05) is 67.7 Å². The van der Waals surface area contributed by atoms with Gasteiger partial charge < -0.3 is 10.1 Å². The number of para-hydroxylation sites is 1. The number of benzene rings is 2. The molecular formula is C24H24F3N3O3. The molecule has 0 spiro atoms. The molecule has 0 aliphatic rings. The second-order valence-corrected chi connectivity index (χ2v) is 7.77. The quantitative estimate of drug-likeness (QED) is 0.522. The smallest absolute Gasteiger partial charge is 0.397 e. The lowest BCUT2D eigenvalue weighted by atomic mass is 10.0. The molecule has 0 fully saturated rings. The Hall–Kier alpha value is -3.62. The lowest BCUT2D eigenvalue weighted by Gasteiger charge is -2.14. The standard InChI is InChI=1S/C24H24F3N3O3/c1-15-9-10-18(11-16(15)2)22-19(13-30(29-22)20-7-5-4-6-8-20)14-33-23(32)17(3)28-21(31)12-24(25,26)27/h4-11,13,17H,12,14H2,1-3H3,(H,28,31). The molecule has 6 nitrogen and oxygen atoms in total. The van der Waals surface area contributed by atoms with Gasteiger partial charge in [-0.15, -0.1) is 0 Å². The van der Waals surface area contributed by atoms with Gasteiger partial charge in [0.05, 0.1) is 11.4 Å². The van der Waals surface area contributed by atoms with Gasteiger partial charge in [-0.3, -0.25) is 4.79 Å². The van der Waals surface area contributed by atoms with Gasteiger partial charge in [-0.05, 0) is 50.1 Å². The van der Waals surface area contributed by atoms with E-state index < -0.39 is 30.5 Å². The van der Waals surface area contributed by atoms with E-state index in [1.165, 1.54) is 6.92 Å². The number of nitrogens with zero attached hydrogens (tertiary/aromatic N) is 2. The molecule has 0 saturated carbocycles. The molecule has 1 atom stereocenters. The third kappa shape index (κ3) is 6.44. The van der Waals surface area contributed by atoms with Crippen molar-refractivity contribution in [3.8, 4) is 16.9 Å². The summed E-state index contributed by atoms with van der Waals surface area (Å²) >= 11 is 0. The summed E-state index contributed by atoms with van der Waals surface area (Å²) in [6.45, 7) is 5.10. The Morgan fingerprint density at radius 3 is 2.42 bits per heavy atom. The minimum atomic E-state index is -4.65. The molecule has 1 aromatic heterocycles. The number of hydrogen-bond donors (Lipinski definition) is 1. The van der Waals surface area contributed by atoms with Crippen LogP contribution in [0.1, 0.15) is 30.0 Å². The van der Waals surface area contributed by atoms with Crippen LogP contribution in [-0.2, 0) is 20.9 Å². The number of carbonyl (C=O) groups excluding carboxylic acids is 2. The molecule has 0 aliphatic heterocycles. The summed E-state index contributed by atoms with van der Waals surface area (Å²) in [6, 6.07) is 14.0. The summed E-state index contributed by atoms with van der Waals surface area (Å²) in [4.78, 5) is 23.7.